The Hall–Kier alpha value is -3.56. The van der Waals surface area contributed by atoms with E-state index in [2.05, 4.69) is 74.0 Å². The van der Waals surface area contributed by atoms with Gasteiger partial charge in [0.15, 0.2) is 0 Å². The molecule has 0 radical (unpaired) electrons. The number of hydrogen-bond donors (Lipinski definition) is 2. The van der Waals surface area contributed by atoms with Crippen molar-refractivity contribution in [1.82, 2.24) is 34.7 Å². The Bertz CT molecular complexity index is 1420. The minimum atomic E-state index is 0.231. The van der Waals surface area contributed by atoms with E-state index in [0.717, 1.165) is 67.4 Å². The van der Waals surface area contributed by atoms with Gasteiger partial charge in [0.2, 0.25) is 11.8 Å². The summed E-state index contributed by atoms with van der Waals surface area (Å²) < 4.78 is 5.91. The molecule has 9 heteroatoms. The highest BCUT2D eigenvalue weighted by atomic mass is 16.5. The lowest BCUT2D eigenvalue weighted by Gasteiger charge is -2.42. The quantitative estimate of drug-likeness (QED) is 0.321. The van der Waals surface area contributed by atoms with Crippen LogP contribution in [0.15, 0.2) is 48.9 Å². The van der Waals surface area contributed by atoms with E-state index in [4.69, 9.17) is 9.72 Å². The van der Waals surface area contributed by atoms with Crippen molar-refractivity contribution in [3.05, 3.63) is 54.5 Å². The summed E-state index contributed by atoms with van der Waals surface area (Å²) in [6.07, 6.45) is 7.24. The molecule has 2 fully saturated rings. The van der Waals surface area contributed by atoms with Crippen LogP contribution in [0.25, 0.3) is 22.3 Å². The van der Waals surface area contributed by atoms with E-state index < -0.39 is 0 Å². The highest BCUT2D eigenvalue weighted by Gasteiger charge is 2.25. The Kier molecular flexibility index (Phi) is 7.18. The first-order valence-corrected chi connectivity index (χ1v) is 14.0. The van der Waals surface area contributed by atoms with Crippen LogP contribution in [0.3, 0.4) is 0 Å². The van der Waals surface area contributed by atoms with E-state index in [1.807, 2.05) is 24.4 Å². The molecule has 2 N–H and O–H groups in total. The molecule has 1 aliphatic heterocycles. The third-order valence-electron chi connectivity index (χ3n) is 7.91. The van der Waals surface area contributed by atoms with Crippen LogP contribution in [0.1, 0.15) is 45.6 Å². The molecule has 6 rings (SSSR count). The number of aromatic amines is 1. The van der Waals surface area contributed by atoms with Crippen LogP contribution >= 0.6 is 0 Å². The largest absolute Gasteiger partial charge is 0.477 e. The third-order valence-corrected chi connectivity index (χ3v) is 7.91. The van der Waals surface area contributed by atoms with Crippen molar-refractivity contribution in [2.45, 2.75) is 52.1 Å². The van der Waals surface area contributed by atoms with E-state index in [1.54, 1.807) is 6.33 Å². The summed E-state index contributed by atoms with van der Waals surface area (Å²) in [5.41, 5.74) is 5.10. The van der Waals surface area contributed by atoms with Crippen LogP contribution in [0.2, 0.25) is 0 Å². The molecule has 4 heterocycles. The summed E-state index contributed by atoms with van der Waals surface area (Å²) in [5.74, 6) is 2.73. The maximum absolute atomic E-state index is 5.91. The zero-order valence-electron chi connectivity index (χ0n) is 23.2. The smallest absolute Gasteiger partial charge is 0.216 e. The Labute approximate surface area is 230 Å². The van der Waals surface area contributed by atoms with Gasteiger partial charge >= 0.3 is 0 Å². The molecule has 0 bridgehead atoms. The van der Waals surface area contributed by atoms with Gasteiger partial charge in [0, 0.05) is 56.1 Å². The average Bonchev–Trinajstić information content (AvgIpc) is 3.29. The number of nitrogens with one attached hydrogen (secondary N) is 2. The van der Waals surface area contributed by atoms with Crippen molar-refractivity contribution >= 4 is 22.8 Å². The third kappa shape index (κ3) is 6.20. The maximum atomic E-state index is 5.91. The first-order chi connectivity index (χ1) is 18.9. The molecule has 4 aromatic rings. The van der Waals surface area contributed by atoms with Gasteiger partial charge in [-0.05, 0) is 69.4 Å². The minimum absolute atomic E-state index is 0.231. The Morgan fingerprint density at radius 3 is 2.62 bits per heavy atom. The molecule has 1 saturated carbocycles. The summed E-state index contributed by atoms with van der Waals surface area (Å²) in [7, 11) is 0. The van der Waals surface area contributed by atoms with Gasteiger partial charge in [0.05, 0.1) is 23.3 Å². The Morgan fingerprint density at radius 1 is 1.00 bits per heavy atom. The standard InChI is InChI=1S/C30H38N8O/c1-30(2,3)38-13-11-37(12-14-38)18-22-9-10-31-27(15-22)36-29-34-24-8-7-23(16-26(24)35-29)25-17-28(33-20-32-25)39-19-21-5-4-6-21/h7-10,15-17,20-21H,4-6,11-14,18-19H2,1-3H3,(H2,31,34,35,36). The SMILES string of the molecule is CC(C)(C)N1CCN(Cc2ccnc(Nc3nc4ccc(-c5cc(OCC6CCC6)ncn5)cc4[nH]3)c2)CC1. The van der Waals surface area contributed by atoms with Crippen LogP contribution in [0.5, 0.6) is 5.88 Å². The molecule has 2 aliphatic rings. The molecule has 9 nitrogen and oxygen atoms in total. The topological polar surface area (TPSA) is 95.1 Å². The number of ether oxygens (including phenoxy) is 1. The normalized spacial score (nSPS) is 17.3. The van der Waals surface area contributed by atoms with E-state index in [0.29, 0.717) is 17.7 Å². The molecule has 39 heavy (non-hydrogen) atoms. The van der Waals surface area contributed by atoms with Gasteiger partial charge in [-0.2, -0.15) is 0 Å². The molecule has 1 saturated heterocycles. The summed E-state index contributed by atoms with van der Waals surface area (Å²) in [4.78, 5) is 26.5. The number of piperazine rings is 1. The molecule has 0 unspecified atom stereocenters. The fraction of sp³-hybridized carbons (Fsp3) is 0.467. The first-order valence-electron chi connectivity index (χ1n) is 14.0. The summed E-state index contributed by atoms with van der Waals surface area (Å²) in [6.45, 7) is 12.9. The highest BCUT2D eigenvalue weighted by molar-refractivity contribution is 5.83. The molecule has 0 amide bonds. The van der Waals surface area contributed by atoms with Crippen molar-refractivity contribution in [1.29, 1.82) is 0 Å². The lowest BCUT2D eigenvalue weighted by Crippen LogP contribution is -2.53. The van der Waals surface area contributed by atoms with E-state index in [-0.39, 0.29) is 5.54 Å². The van der Waals surface area contributed by atoms with Gasteiger partial charge in [-0.1, -0.05) is 12.5 Å². The zero-order valence-corrected chi connectivity index (χ0v) is 23.2. The van der Waals surface area contributed by atoms with Gasteiger partial charge in [-0.3, -0.25) is 9.80 Å². The number of aromatic nitrogens is 5. The monoisotopic (exact) mass is 526 g/mol. The van der Waals surface area contributed by atoms with Crippen LogP contribution in [0, 0.1) is 5.92 Å². The maximum Gasteiger partial charge on any atom is 0.216 e. The average molecular weight is 527 g/mol. The lowest BCUT2D eigenvalue weighted by molar-refractivity contribution is 0.0591. The van der Waals surface area contributed by atoms with Gasteiger partial charge in [0.25, 0.3) is 0 Å². The second kappa shape index (κ2) is 10.9. The molecule has 3 aromatic heterocycles. The summed E-state index contributed by atoms with van der Waals surface area (Å²) >= 11 is 0. The highest BCUT2D eigenvalue weighted by Crippen LogP contribution is 2.28. The number of hydrogen-bond acceptors (Lipinski definition) is 8. The fourth-order valence-corrected chi connectivity index (χ4v) is 5.26. The Balaban J connectivity index is 1.10. The summed E-state index contributed by atoms with van der Waals surface area (Å²) in [5, 5.41) is 3.35. The Morgan fingerprint density at radius 2 is 1.85 bits per heavy atom. The second-order valence-corrected chi connectivity index (χ2v) is 11.8. The van der Waals surface area contributed by atoms with Crippen molar-refractivity contribution < 1.29 is 4.74 Å². The lowest BCUT2D eigenvalue weighted by atomic mass is 9.86. The summed E-state index contributed by atoms with van der Waals surface area (Å²) in [6, 6.07) is 12.2. The van der Waals surface area contributed by atoms with Crippen molar-refractivity contribution in [3.8, 4) is 17.1 Å². The molecule has 1 aliphatic carbocycles. The predicted octanol–water partition coefficient (Wildman–Crippen LogP) is 5.25. The van der Waals surface area contributed by atoms with Crippen molar-refractivity contribution in [3.63, 3.8) is 0 Å². The van der Waals surface area contributed by atoms with Crippen LogP contribution in [-0.2, 0) is 6.54 Å². The van der Waals surface area contributed by atoms with Gasteiger partial charge in [-0.15, -0.1) is 0 Å². The molecular weight excluding hydrogens is 488 g/mol. The van der Waals surface area contributed by atoms with Crippen LogP contribution in [-0.4, -0.2) is 73.0 Å². The number of H-pyrrole nitrogens is 1. The van der Waals surface area contributed by atoms with Crippen LogP contribution < -0.4 is 10.1 Å². The van der Waals surface area contributed by atoms with Crippen molar-refractivity contribution in [2.24, 2.45) is 5.92 Å². The number of pyridine rings is 1. The van der Waals surface area contributed by atoms with Gasteiger partial charge in [0.1, 0.15) is 12.1 Å². The van der Waals surface area contributed by atoms with E-state index in [1.165, 1.54) is 24.8 Å². The molecular formula is C30H38N8O. The number of fused-ring (bicyclic) bond motifs is 1. The van der Waals surface area contributed by atoms with E-state index in [9.17, 15) is 0 Å². The predicted molar refractivity (Wildman–Crippen MR) is 154 cm³/mol. The number of rotatable bonds is 8. The molecule has 204 valence electrons. The number of imidazole rings is 1. The van der Waals surface area contributed by atoms with Gasteiger partial charge < -0.3 is 15.0 Å². The number of benzene rings is 1. The molecule has 1 aromatic carbocycles. The second-order valence-electron chi connectivity index (χ2n) is 11.8. The minimum Gasteiger partial charge on any atom is -0.477 e. The number of anilines is 2. The van der Waals surface area contributed by atoms with Gasteiger partial charge in [-0.25, -0.2) is 19.9 Å². The first kappa shape index (κ1) is 25.7. The van der Waals surface area contributed by atoms with Crippen molar-refractivity contribution in [2.75, 3.05) is 38.1 Å². The van der Waals surface area contributed by atoms with E-state index >= 15 is 0 Å². The molecule has 0 atom stereocenters. The zero-order chi connectivity index (χ0) is 26.8. The van der Waals surface area contributed by atoms with Crippen LogP contribution in [0.4, 0.5) is 11.8 Å². The fourth-order valence-electron chi connectivity index (χ4n) is 5.26. The number of nitrogens with zero attached hydrogens (tertiary/aromatic N) is 6. The molecule has 0 spiro atoms.